The van der Waals surface area contributed by atoms with E-state index < -0.39 is 15.9 Å². The topological polar surface area (TPSA) is 98.8 Å². The van der Waals surface area contributed by atoms with E-state index in [-0.39, 0.29) is 41.6 Å². The molecule has 6 nitrogen and oxygen atoms in total. The summed E-state index contributed by atoms with van der Waals surface area (Å²) in [5.41, 5.74) is 0. The van der Waals surface area contributed by atoms with Gasteiger partial charge >= 0.3 is 29.6 Å². The Morgan fingerprint density at radius 3 is 2.50 bits per heavy atom. The summed E-state index contributed by atoms with van der Waals surface area (Å²) >= 11 is 4.55. The Hall–Kier alpha value is 0.270. The van der Waals surface area contributed by atoms with Crippen LogP contribution in [0.2, 0.25) is 0 Å². The summed E-state index contributed by atoms with van der Waals surface area (Å²) in [7, 11) is -4.02. The van der Waals surface area contributed by atoms with Gasteiger partial charge in [0.25, 0.3) is 10.1 Å². The van der Waals surface area contributed by atoms with E-state index in [1.54, 1.807) is 0 Å². The van der Waals surface area contributed by atoms with Crippen LogP contribution in [0.25, 0.3) is 0 Å². The maximum absolute atomic E-state index is 10.3. The normalized spacial score (nSPS) is 10.8. The first kappa shape index (κ1) is 12.3. The van der Waals surface area contributed by atoms with Gasteiger partial charge < -0.3 is 1.43 Å². The van der Waals surface area contributed by atoms with E-state index in [0.717, 1.165) is 0 Å². The van der Waals surface area contributed by atoms with Gasteiger partial charge in [-0.1, -0.05) is 0 Å². The van der Waals surface area contributed by atoms with Crippen LogP contribution in [0.15, 0.2) is 0 Å². The predicted octanol–water partition coefficient (Wildman–Crippen LogP) is -3.03. The van der Waals surface area contributed by atoms with Crippen molar-refractivity contribution in [2.75, 3.05) is 0 Å². The van der Waals surface area contributed by atoms with Crippen molar-refractivity contribution in [2.45, 2.75) is 5.75 Å². The SMILES string of the molecule is O=S(=O)(O)Cc1nc(=S)[nH][nH]1.[H-].[Na+]. The number of nitrogens with one attached hydrogen (secondary N) is 2. The van der Waals surface area contributed by atoms with Crippen LogP contribution in [-0.2, 0) is 15.9 Å². The first-order valence-corrected chi connectivity index (χ1v) is 4.58. The fourth-order valence-electron chi connectivity index (χ4n) is 0.545. The zero-order valence-corrected chi connectivity index (χ0v) is 9.87. The number of H-pyrrole nitrogens is 2. The molecule has 1 aromatic rings. The molecule has 9 heteroatoms. The minimum atomic E-state index is -4.02. The van der Waals surface area contributed by atoms with Crippen LogP contribution in [0, 0.1) is 4.77 Å². The van der Waals surface area contributed by atoms with Crippen molar-refractivity contribution < 1.29 is 44.0 Å². The van der Waals surface area contributed by atoms with Gasteiger partial charge in [-0.2, -0.15) is 8.42 Å². The van der Waals surface area contributed by atoms with Crippen LogP contribution in [0.1, 0.15) is 7.25 Å². The van der Waals surface area contributed by atoms with Gasteiger partial charge in [-0.05, 0) is 12.2 Å². The number of aromatic nitrogens is 3. The summed E-state index contributed by atoms with van der Waals surface area (Å²) in [6.07, 6.45) is 0. The van der Waals surface area contributed by atoms with E-state index in [4.69, 9.17) is 4.55 Å². The molecule has 3 N–H and O–H groups in total. The van der Waals surface area contributed by atoms with Crippen molar-refractivity contribution >= 4 is 22.3 Å². The smallest absolute Gasteiger partial charge is 1.00 e. The molecule has 64 valence electrons. The molecule has 0 saturated carbocycles. The molecule has 12 heavy (non-hydrogen) atoms. The van der Waals surface area contributed by atoms with Crippen molar-refractivity contribution in [1.82, 2.24) is 15.2 Å². The maximum atomic E-state index is 10.3. The maximum Gasteiger partial charge on any atom is 1.00 e. The van der Waals surface area contributed by atoms with Gasteiger partial charge in [-0.15, -0.1) is 0 Å². The van der Waals surface area contributed by atoms with E-state index in [0.29, 0.717) is 0 Å². The van der Waals surface area contributed by atoms with E-state index in [1.807, 2.05) is 0 Å². The van der Waals surface area contributed by atoms with Gasteiger partial charge in [0.1, 0.15) is 11.6 Å². The van der Waals surface area contributed by atoms with Gasteiger partial charge in [0.2, 0.25) is 4.77 Å². The Balaban J connectivity index is 0. The summed E-state index contributed by atoms with van der Waals surface area (Å²) < 4.78 is 29.0. The average Bonchev–Trinajstić information content (AvgIpc) is 2.10. The molecule has 0 aliphatic heterocycles. The largest absolute Gasteiger partial charge is 1.00 e. The van der Waals surface area contributed by atoms with Gasteiger partial charge in [-0.25, -0.2) is 4.98 Å². The van der Waals surface area contributed by atoms with Gasteiger partial charge in [0, 0.05) is 0 Å². The third kappa shape index (κ3) is 4.33. The molecule has 0 aliphatic rings. The number of hydrogen-bond acceptors (Lipinski definition) is 4. The fourth-order valence-corrected chi connectivity index (χ4v) is 1.19. The molecule has 0 aromatic carbocycles. The molecule has 1 rings (SSSR count). The second-order valence-corrected chi connectivity index (χ2v) is 3.68. The van der Waals surface area contributed by atoms with E-state index in [9.17, 15) is 8.42 Å². The van der Waals surface area contributed by atoms with Crippen LogP contribution < -0.4 is 29.6 Å². The van der Waals surface area contributed by atoms with Crippen molar-refractivity contribution in [3.63, 3.8) is 0 Å². The van der Waals surface area contributed by atoms with Crippen LogP contribution in [0.3, 0.4) is 0 Å². The fraction of sp³-hybridized carbons (Fsp3) is 0.333. The molecule has 0 amide bonds. The molecular formula is C3H6N3NaO3S2. The summed E-state index contributed by atoms with van der Waals surface area (Å²) in [6, 6.07) is 0. The Labute approximate surface area is 97.3 Å². The Bertz CT molecular complexity index is 398. The third-order valence-corrected chi connectivity index (χ3v) is 1.70. The van der Waals surface area contributed by atoms with Crippen LogP contribution in [-0.4, -0.2) is 28.2 Å². The molecule has 0 radical (unpaired) electrons. The third-order valence-electron chi connectivity index (χ3n) is 0.869. The minimum Gasteiger partial charge on any atom is -1.00 e. The summed E-state index contributed by atoms with van der Waals surface area (Å²) in [4.78, 5) is 3.56. The number of aromatic amines is 2. The molecule has 0 bridgehead atoms. The van der Waals surface area contributed by atoms with E-state index in [1.165, 1.54) is 0 Å². The average molecular weight is 219 g/mol. The van der Waals surface area contributed by atoms with Crippen LogP contribution >= 0.6 is 12.2 Å². The summed E-state index contributed by atoms with van der Waals surface area (Å²) in [6.45, 7) is 0. The van der Waals surface area contributed by atoms with Gasteiger partial charge in [-0.3, -0.25) is 14.8 Å². The van der Waals surface area contributed by atoms with E-state index in [2.05, 4.69) is 27.4 Å². The molecule has 0 aliphatic carbocycles. The number of rotatable bonds is 2. The second-order valence-electron chi connectivity index (χ2n) is 1.84. The second kappa shape index (κ2) is 4.49. The monoisotopic (exact) mass is 219 g/mol. The van der Waals surface area contributed by atoms with Gasteiger partial charge in [0.15, 0.2) is 0 Å². The minimum absolute atomic E-state index is 0. The van der Waals surface area contributed by atoms with Crippen molar-refractivity contribution in [1.29, 1.82) is 0 Å². The molecule has 1 aromatic heterocycles. The Kier molecular flexibility index (Phi) is 4.59. The summed E-state index contributed by atoms with van der Waals surface area (Å²) in [5.74, 6) is -0.461. The first-order valence-electron chi connectivity index (χ1n) is 2.56. The predicted molar refractivity (Wildman–Crippen MR) is 40.1 cm³/mol. The molecular weight excluding hydrogens is 213 g/mol. The summed E-state index contributed by atoms with van der Waals surface area (Å²) in [5, 5.41) is 4.78. The Morgan fingerprint density at radius 1 is 1.58 bits per heavy atom. The van der Waals surface area contributed by atoms with Crippen molar-refractivity contribution in [3.8, 4) is 0 Å². The van der Waals surface area contributed by atoms with Crippen LogP contribution in [0.4, 0.5) is 0 Å². The first-order chi connectivity index (χ1) is 4.97. The van der Waals surface area contributed by atoms with Crippen LogP contribution in [0.5, 0.6) is 0 Å². The number of nitrogens with zero attached hydrogens (tertiary/aromatic N) is 1. The molecule has 0 spiro atoms. The standard InChI is InChI=1S/C3H5N3O3S2.Na.H/c7-11(8,9)1-2-4-3(10)6-5-2;;/h1H2,(H,7,8,9)(H2,4,5,6,10);;/q;+1;-1. The van der Waals surface area contributed by atoms with Gasteiger partial charge in [0.05, 0.1) is 0 Å². The molecule has 1 heterocycles. The quantitative estimate of drug-likeness (QED) is 0.279. The number of hydrogen-bond donors (Lipinski definition) is 3. The van der Waals surface area contributed by atoms with Crippen molar-refractivity contribution in [2.24, 2.45) is 0 Å². The molecule has 0 atom stereocenters. The zero-order chi connectivity index (χ0) is 8.48. The van der Waals surface area contributed by atoms with Crippen molar-refractivity contribution in [3.05, 3.63) is 10.6 Å². The van der Waals surface area contributed by atoms with E-state index >= 15 is 0 Å². The molecule has 0 saturated heterocycles. The molecule has 0 unspecified atom stereocenters. The zero-order valence-electron chi connectivity index (χ0n) is 7.23. The Morgan fingerprint density at radius 2 is 2.17 bits per heavy atom. The molecule has 0 fully saturated rings.